The Kier molecular flexibility index (Phi) is 5.01. The van der Waals surface area contributed by atoms with Crippen LogP contribution in [0.4, 0.5) is 4.39 Å². The number of fused-ring (bicyclic) bond motifs is 1. The van der Waals surface area contributed by atoms with Gasteiger partial charge in [-0.3, -0.25) is 14.2 Å². The van der Waals surface area contributed by atoms with Crippen LogP contribution in [0.3, 0.4) is 0 Å². The predicted octanol–water partition coefficient (Wildman–Crippen LogP) is 3.16. The molecule has 0 aliphatic heterocycles. The Morgan fingerprint density at radius 1 is 1.20 bits per heavy atom. The largest absolute Gasteiger partial charge is 0.350 e. The van der Waals surface area contributed by atoms with Gasteiger partial charge in [0.15, 0.2) is 0 Å². The minimum absolute atomic E-state index is 0.201. The first-order valence-corrected chi connectivity index (χ1v) is 8.05. The second kappa shape index (κ2) is 7.21. The normalized spacial score (nSPS) is 10.8. The van der Waals surface area contributed by atoms with Gasteiger partial charge in [0.2, 0.25) is 5.91 Å². The number of amides is 1. The lowest BCUT2D eigenvalue weighted by atomic mass is 10.2. The fourth-order valence-corrected chi connectivity index (χ4v) is 2.86. The molecule has 25 heavy (non-hydrogen) atoms. The van der Waals surface area contributed by atoms with Gasteiger partial charge in [0, 0.05) is 11.6 Å². The Bertz CT molecular complexity index is 1000. The third-order valence-electron chi connectivity index (χ3n) is 3.56. The van der Waals surface area contributed by atoms with E-state index in [4.69, 9.17) is 23.2 Å². The fraction of sp³-hybridized carbons (Fsp3) is 0.118. The Morgan fingerprint density at radius 3 is 2.64 bits per heavy atom. The number of halogens is 3. The molecule has 0 atom stereocenters. The molecule has 0 aliphatic rings. The van der Waals surface area contributed by atoms with Gasteiger partial charge in [-0.1, -0.05) is 35.3 Å². The van der Waals surface area contributed by atoms with Crippen molar-refractivity contribution in [2.75, 3.05) is 0 Å². The van der Waals surface area contributed by atoms with Crippen molar-refractivity contribution in [2.24, 2.45) is 0 Å². The number of benzene rings is 2. The highest BCUT2D eigenvalue weighted by Gasteiger charge is 2.11. The maximum absolute atomic E-state index is 12.9. The second-order valence-corrected chi connectivity index (χ2v) is 6.21. The summed E-state index contributed by atoms with van der Waals surface area (Å²) in [5.74, 6) is -0.720. The van der Waals surface area contributed by atoms with Gasteiger partial charge in [0.05, 0.1) is 22.3 Å². The number of nitrogens with zero attached hydrogens (tertiary/aromatic N) is 2. The number of rotatable bonds is 4. The molecule has 0 saturated carbocycles. The standard InChI is InChI=1S/C17H12Cl2FN3O2/c18-11-5-13-16(14(19)6-11)22-9-23(17(13)25)8-15(24)21-7-10-1-3-12(20)4-2-10/h1-6,9H,7-8H2,(H,21,24). The van der Waals surface area contributed by atoms with Crippen LogP contribution in [-0.2, 0) is 17.9 Å². The number of hydrogen-bond acceptors (Lipinski definition) is 3. The summed E-state index contributed by atoms with van der Waals surface area (Å²) in [6.45, 7) is 0.0274. The zero-order valence-corrected chi connectivity index (χ0v) is 14.3. The van der Waals surface area contributed by atoms with Crippen LogP contribution in [0.1, 0.15) is 5.56 Å². The molecular weight excluding hydrogens is 368 g/mol. The highest BCUT2D eigenvalue weighted by molar-refractivity contribution is 6.38. The Hall–Kier alpha value is -2.44. The van der Waals surface area contributed by atoms with Gasteiger partial charge in [-0.15, -0.1) is 0 Å². The Balaban J connectivity index is 1.76. The minimum atomic E-state index is -0.411. The van der Waals surface area contributed by atoms with Crippen molar-refractivity contribution >= 4 is 40.0 Å². The van der Waals surface area contributed by atoms with Gasteiger partial charge in [-0.25, -0.2) is 9.37 Å². The maximum Gasteiger partial charge on any atom is 0.261 e. The second-order valence-electron chi connectivity index (χ2n) is 5.36. The average Bonchev–Trinajstić information content (AvgIpc) is 2.57. The van der Waals surface area contributed by atoms with Crippen LogP contribution >= 0.6 is 23.2 Å². The van der Waals surface area contributed by atoms with E-state index in [1.54, 1.807) is 12.1 Å². The molecule has 3 aromatic rings. The predicted molar refractivity (Wildman–Crippen MR) is 94.3 cm³/mol. The highest BCUT2D eigenvalue weighted by Crippen LogP contribution is 2.23. The lowest BCUT2D eigenvalue weighted by Crippen LogP contribution is -2.32. The zero-order valence-electron chi connectivity index (χ0n) is 12.8. The minimum Gasteiger partial charge on any atom is -0.350 e. The van der Waals surface area contributed by atoms with E-state index in [0.717, 1.165) is 5.56 Å². The molecule has 1 aromatic heterocycles. The topological polar surface area (TPSA) is 64.0 Å². The van der Waals surface area contributed by atoms with Crippen molar-refractivity contribution in [1.29, 1.82) is 0 Å². The van der Waals surface area contributed by atoms with Crippen molar-refractivity contribution in [3.05, 3.63) is 74.5 Å². The van der Waals surface area contributed by atoms with Crippen LogP contribution in [0, 0.1) is 5.82 Å². The number of nitrogens with one attached hydrogen (secondary N) is 1. The Morgan fingerprint density at radius 2 is 1.92 bits per heavy atom. The molecule has 1 N–H and O–H groups in total. The first-order valence-electron chi connectivity index (χ1n) is 7.29. The molecule has 0 aliphatic carbocycles. The molecule has 5 nitrogen and oxygen atoms in total. The summed E-state index contributed by atoms with van der Waals surface area (Å²) in [6, 6.07) is 8.73. The molecule has 0 saturated heterocycles. The van der Waals surface area contributed by atoms with E-state index in [1.165, 1.54) is 35.2 Å². The van der Waals surface area contributed by atoms with Crippen molar-refractivity contribution < 1.29 is 9.18 Å². The fourth-order valence-electron chi connectivity index (χ4n) is 2.32. The summed E-state index contributed by atoms with van der Waals surface area (Å²) in [5, 5.41) is 3.49. The summed E-state index contributed by atoms with van der Waals surface area (Å²) >= 11 is 11.9. The van der Waals surface area contributed by atoms with Crippen LogP contribution in [0.25, 0.3) is 10.9 Å². The zero-order chi connectivity index (χ0) is 18.0. The van der Waals surface area contributed by atoms with E-state index >= 15 is 0 Å². The van der Waals surface area contributed by atoms with Crippen LogP contribution in [0.2, 0.25) is 10.0 Å². The summed E-state index contributed by atoms with van der Waals surface area (Å²) in [7, 11) is 0. The molecule has 3 rings (SSSR count). The van der Waals surface area contributed by atoms with Gasteiger partial charge in [-0.05, 0) is 29.8 Å². The molecule has 0 spiro atoms. The van der Waals surface area contributed by atoms with Gasteiger partial charge >= 0.3 is 0 Å². The van der Waals surface area contributed by atoms with Crippen LogP contribution in [0.5, 0.6) is 0 Å². The van der Waals surface area contributed by atoms with Crippen molar-refractivity contribution in [2.45, 2.75) is 13.1 Å². The number of hydrogen-bond donors (Lipinski definition) is 1. The third kappa shape index (κ3) is 3.97. The smallest absolute Gasteiger partial charge is 0.261 e. The summed E-state index contributed by atoms with van der Waals surface area (Å²) < 4.78 is 14.0. The van der Waals surface area contributed by atoms with Crippen molar-refractivity contribution in [1.82, 2.24) is 14.9 Å². The maximum atomic E-state index is 12.9. The van der Waals surface area contributed by atoms with Crippen molar-refractivity contribution in [3.63, 3.8) is 0 Å². The SMILES string of the molecule is O=C(Cn1cnc2c(Cl)cc(Cl)cc2c1=O)NCc1ccc(F)cc1. The van der Waals surface area contributed by atoms with Crippen LogP contribution in [-0.4, -0.2) is 15.5 Å². The monoisotopic (exact) mass is 379 g/mol. The lowest BCUT2D eigenvalue weighted by Gasteiger charge is -2.09. The molecule has 1 heterocycles. The van der Waals surface area contributed by atoms with E-state index in [9.17, 15) is 14.0 Å². The summed E-state index contributed by atoms with van der Waals surface area (Å²) in [5.41, 5.74) is 0.669. The highest BCUT2D eigenvalue weighted by atomic mass is 35.5. The molecule has 2 aromatic carbocycles. The van der Waals surface area contributed by atoms with E-state index in [-0.39, 0.29) is 35.2 Å². The van der Waals surface area contributed by atoms with E-state index in [2.05, 4.69) is 10.3 Å². The molecule has 0 radical (unpaired) electrons. The third-order valence-corrected chi connectivity index (χ3v) is 4.07. The molecular formula is C17H12Cl2FN3O2. The number of aromatic nitrogens is 2. The average molecular weight is 380 g/mol. The van der Waals surface area contributed by atoms with E-state index < -0.39 is 5.56 Å². The van der Waals surface area contributed by atoms with Crippen LogP contribution < -0.4 is 10.9 Å². The number of carbonyl (C=O) groups is 1. The molecule has 1 amide bonds. The number of carbonyl (C=O) groups excluding carboxylic acids is 1. The van der Waals surface area contributed by atoms with Gasteiger partial charge in [0.25, 0.3) is 5.56 Å². The van der Waals surface area contributed by atoms with Gasteiger partial charge in [0.1, 0.15) is 12.4 Å². The summed E-state index contributed by atoms with van der Waals surface area (Å²) in [6.07, 6.45) is 1.27. The van der Waals surface area contributed by atoms with E-state index in [0.29, 0.717) is 10.5 Å². The molecule has 0 bridgehead atoms. The lowest BCUT2D eigenvalue weighted by molar-refractivity contribution is -0.121. The summed E-state index contributed by atoms with van der Waals surface area (Å²) in [4.78, 5) is 28.6. The van der Waals surface area contributed by atoms with E-state index in [1.807, 2.05) is 0 Å². The Labute approximate surface area is 152 Å². The van der Waals surface area contributed by atoms with Crippen LogP contribution in [0.15, 0.2) is 47.5 Å². The molecule has 8 heteroatoms. The van der Waals surface area contributed by atoms with Crippen molar-refractivity contribution in [3.8, 4) is 0 Å². The first kappa shape index (κ1) is 17.4. The molecule has 0 unspecified atom stereocenters. The molecule has 0 fully saturated rings. The quantitative estimate of drug-likeness (QED) is 0.757. The van der Waals surface area contributed by atoms with Gasteiger partial charge in [-0.2, -0.15) is 0 Å². The first-order chi connectivity index (χ1) is 11.9. The molecule has 128 valence electrons. The van der Waals surface area contributed by atoms with Gasteiger partial charge < -0.3 is 5.32 Å².